The first-order valence-electron chi connectivity index (χ1n) is 10.6. The fourth-order valence-corrected chi connectivity index (χ4v) is 5.16. The minimum Gasteiger partial charge on any atom is -0.427 e. The highest BCUT2D eigenvalue weighted by atomic mass is 32.2. The van der Waals surface area contributed by atoms with E-state index in [-0.39, 0.29) is 28.8 Å². The van der Waals surface area contributed by atoms with Crippen LogP contribution in [0.15, 0.2) is 21.8 Å². The molecule has 15 heteroatoms. The Morgan fingerprint density at radius 1 is 1.28 bits per heavy atom. The number of thiazole rings is 1. The highest BCUT2D eigenvalue weighted by molar-refractivity contribution is 8.00. The summed E-state index contributed by atoms with van der Waals surface area (Å²) in [6.45, 7) is 4.48. The highest BCUT2D eigenvalue weighted by Gasteiger charge is 2.54. The summed E-state index contributed by atoms with van der Waals surface area (Å²) >= 11 is 2.47. The molecule has 3 N–H and O–H groups in total. The number of amides is 2. The van der Waals surface area contributed by atoms with Crippen molar-refractivity contribution in [2.45, 2.75) is 32.2 Å². The molecule has 2 amide bonds. The van der Waals surface area contributed by atoms with E-state index in [1.165, 1.54) is 36.3 Å². The smallest absolute Gasteiger partial charge is 0.358 e. The number of carbonyl (C=O) groups is 4. The Balaban J connectivity index is 1.73. The third-order valence-corrected chi connectivity index (χ3v) is 7.01. The van der Waals surface area contributed by atoms with Crippen LogP contribution in [0.2, 0.25) is 0 Å². The van der Waals surface area contributed by atoms with Gasteiger partial charge in [-0.25, -0.2) is 9.78 Å². The van der Waals surface area contributed by atoms with E-state index >= 15 is 0 Å². The molecule has 0 spiro atoms. The third-order valence-electron chi connectivity index (χ3n) is 5.00. The van der Waals surface area contributed by atoms with Crippen LogP contribution >= 0.6 is 23.1 Å². The second-order valence-corrected chi connectivity index (χ2v) is 10.7. The minimum atomic E-state index is -0.939. The zero-order valence-electron chi connectivity index (χ0n) is 20.4. The number of anilines is 1. The van der Waals surface area contributed by atoms with E-state index in [2.05, 4.69) is 15.5 Å². The van der Waals surface area contributed by atoms with Gasteiger partial charge in [0.05, 0.1) is 12.0 Å². The van der Waals surface area contributed by atoms with Gasteiger partial charge in [-0.3, -0.25) is 19.3 Å². The zero-order chi connectivity index (χ0) is 26.6. The van der Waals surface area contributed by atoms with Crippen molar-refractivity contribution in [2.24, 2.45) is 10.6 Å². The van der Waals surface area contributed by atoms with Gasteiger partial charge in [-0.2, -0.15) is 0 Å². The van der Waals surface area contributed by atoms with Crippen LogP contribution in [0, 0.1) is 5.41 Å². The van der Waals surface area contributed by atoms with Gasteiger partial charge in [0.25, 0.3) is 11.8 Å². The Kier molecular flexibility index (Phi) is 8.58. The SMILES string of the molecule is COCC1=C(C(=O)OCOC(=O)C(C)(C)C)N2C(=O)[C@@H](NC(=O)/C(=N/OC)c3csc(N)n3)[C@H]2SC1. The number of methoxy groups -OCH3 is 1. The van der Waals surface area contributed by atoms with Crippen LogP contribution in [0.25, 0.3) is 0 Å². The summed E-state index contributed by atoms with van der Waals surface area (Å²) < 4.78 is 15.3. The van der Waals surface area contributed by atoms with E-state index in [0.29, 0.717) is 11.3 Å². The number of thioether (sulfide) groups is 1. The van der Waals surface area contributed by atoms with Crippen molar-refractivity contribution in [1.82, 2.24) is 15.2 Å². The molecule has 3 rings (SSSR count). The van der Waals surface area contributed by atoms with Gasteiger partial charge in [-0.1, -0.05) is 5.16 Å². The fourth-order valence-electron chi connectivity index (χ4n) is 3.28. The van der Waals surface area contributed by atoms with Crippen LogP contribution in [0.5, 0.6) is 0 Å². The zero-order valence-corrected chi connectivity index (χ0v) is 22.0. The van der Waals surface area contributed by atoms with E-state index in [0.717, 1.165) is 11.3 Å². The number of esters is 2. The number of rotatable bonds is 9. The lowest BCUT2D eigenvalue weighted by Crippen LogP contribution is -2.71. The number of carbonyl (C=O) groups excluding carboxylic acids is 4. The Bertz CT molecular complexity index is 1110. The van der Waals surface area contributed by atoms with E-state index in [1.807, 2.05) is 0 Å². The molecule has 0 radical (unpaired) electrons. The van der Waals surface area contributed by atoms with Gasteiger partial charge in [0.15, 0.2) is 10.8 Å². The first-order chi connectivity index (χ1) is 17.0. The van der Waals surface area contributed by atoms with Crippen molar-refractivity contribution in [2.75, 3.05) is 39.1 Å². The predicted molar refractivity (Wildman–Crippen MR) is 131 cm³/mol. The van der Waals surface area contributed by atoms with Gasteiger partial charge < -0.3 is 30.1 Å². The number of aromatic nitrogens is 1. The highest BCUT2D eigenvalue weighted by Crippen LogP contribution is 2.40. The number of fused-ring (bicyclic) bond motifs is 1. The molecule has 196 valence electrons. The molecule has 0 saturated carbocycles. The number of nitrogen functional groups attached to an aromatic ring is 1. The average Bonchev–Trinajstić information content (AvgIpc) is 3.25. The Hall–Kier alpha value is -3.17. The number of hydrogen-bond donors (Lipinski definition) is 2. The second-order valence-electron chi connectivity index (χ2n) is 8.67. The first-order valence-corrected chi connectivity index (χ1v) is 12.6. The molecule has 2 aliphatic heterocycles. The number of ether oxygens (including phenoxy) is 3. The molecule has 0 bridgehead atoms. The van der Waals surface area contributed by atoms with E-state index in [1.54, 1.807) is 20.8 Å². The largest absolute Gasteiger partial charge is 0.427 e. The average molecular weight is 542 g/mol. The third kappa shape index (κ3) is 5.79. The van der Waals surface area contributed by atoms with Gasteiger partial charge >= 0.3 is 11.9 Å². The summed E-state index contributed by atoms with van der Waals surface area (Å²) in [5.74, 6) is -2.25. The molecular formula is C21H27N5O8S2. The van der Waals surface area contributed by atoms with Crippen LogP contribution in [-0.4, -0.2) is 84.1 Å². The summed E-state index contributed by atoms with van der Waals surface area (Å²) in [7, 11) is 2.73. The minimum absolute atomic E-state index is 0.000892. The number of nitrogens with one attached hydrogen (secondary N) is 1. The molecule has 13 nitrogen and oxygen atoms in total. The van der Waals surface area contributed by atoms with Crippen molar-refractivity contribution < 1.29 is 38.2 Å². The van der Waals surface area contributed by atoms with Gasteiger partial charge in [-0.05, 0) is 26.3 Å². The van der Waals surface area contributed by atoms with Crippen LogP contribution in [0.1, 0.15) is 26.5 Å². The summed E-state index contributed by atoms with van der Waals surface area (Å²) in [6.07, 6.45) is 0. The molecule has 2 aliphatic rings. The molecular weight excluding hydrogens is 514 g/mol. The monoisotopic (exact) mass is 541 g/mol. The standard InChI is InChI=1S/C21H27N5O8S2/c1-21(2,3)19(30)34-9-33-18(29)14-10(6-31-4)7-35-17-13(16(28)26(14)17)24-15(27)12(25-32-5)11-8-36-20(22)23-11/h8,13,17H,6-7,9H2,1-5H3,(H2,22,23)(H,24,27)/b25-12+/t13-,17-/m1/s1. The molecule has 1 aromatic rings. The van der Waals surface area contributed by atoms with Crippen LogP contribution in [-0.2, 0) is 38.2 Å². The number of β-lactam (4-membered cyclic amide) rings is 1. The normalized spacial score (nSPS) is 19.9. The fraction of sp³-hybridized carbons (Fsp3) is 0.524. The molecule has 1 aromatic heterocycles. The van der Waals surface area contributed by atoms with Crippen molar-refractivity contribution >= 4 is 57.7 Å². The predicted octanol–water partition coefficient (Wildman–Crippen LogP) is 0.466. The summed E-state index contributed by atoms with van der Waals surface area (Å²) in [5, 5.41) is 7.54. The Morgan fingerprint density at radius 3 is 2.58 bits per heavy atom. The summed E-state index contributed by atoms with van der Waals surface area (Å²) in [5.41, 5.74) is 5.46. The van der Waals surface area contributed by atoms with Crippen molar-refractivity contribution in [1.29, 1.82) is 0 Å². The molecule has 3 heterocycles. The lowest BCUT2D eigenvalue weighted by Gasteiger charge is -2.49. The molecule has 2 atom stereocenters. The van der Waals surface area contributed by atoms with Crippen LogP contribution < -0.4 is 11.1 Å². The molecule has 0 aromatic carbocycles. The molecule has 1 saturated heterocycles. The first kappa shape index (κ1) is 27.4. The van der Waals surface area contributed by atoms with Gasteiger partial charge in [0.2, 0.25) is 6.79 Å². The lowest BCUT2D eigenvalue weighted by molar-refractivity contribution is -0.173. The maximum absolute atomic E-state index is 13.1. The number of nitrogens with zero attached hydrogens (tertiary/aromatic N) is 3. The topological polar surface area (TPSA) is 172 Å². The van der Waals surface area contributed by atoms with Gasteiger partial charge in [0.1, 0.15) is 29.9 Å². The lowest BCUT2D eigenvalue weighted by atomic mass is 9.98. The van der Waals surface area contributed by atoms with Crippen LogP contribution in [0.4, 0.5) is 5.13 Å². The molecule has 0 unspecified atom stereocenters. The van der Waals surface area contributed by atoms with Crippen molar-refractivity contribution in [3.05, 3.63) is 22.3 Å². The summed E-state index contributed by atoms with van der Waals surface area (Å²) in [6, 6.07) is -0.939. The van der Waals surface area contributed by atoms with Gasteiger partial charge in [-0.15, -0.1) is 23.1 Å². The number of hydrogen-bond acceptors (Lipinski definition) is 13. The number of oxime groups is 1. The second kappa shape index (κ2) is 11.3. The van der Waals surface area contributed by atoms with Crippen molar-refractivity contribution in [3.8, 4) is 0 Å². The van der Waals surface area contributed by atoms with Crippen LogP contribution in [0.3, 0.4) is 0 Å². The maximum Gasteiger partial charge on any atom is 0.358 e. The quantitative estimate of drug-likeness (QED) is 0.146. The number of nitrogens with two attached hydrogens (primary N) is 1. The Labute approximate surface area is 215 Å². The summed E-state index contributed by atoms with van der Waals surface area (Å²) in [4.78, 5) is 60.8. The van der Waals surface area contributed by atoms with E-state index in [9.17, 15) is 19.2 Å². The maximum atomic E-state index is 13.1. The molecule has 1 fully saturated rings. The molecule has 0 aliphatic carbocycles. The van der Waals surface area contributed by atoms with E-state index in [4.69, 9.17) is 24.8 Å². The van der Waals surface area contributed by atoms with E-state index < -0.39 is 47.4 Å². The van der Waals surface area contributed by atoms with Crippen molar-refractivity contribution in [3.63, 3.8) is 0 Å². The molecule has 36 heavy (non-hydrogen) atoms. The van der Waals surface area contributed by atoms with Gasteiger partial charge in [0, 0.05) is 18.2 Å². The Morgan fingerprint density at radius 2 is 2.00 bits per heavy atom.